The van der Waals surface area contributed by atoms with Crippen LogP contribution in [0.5, 0.6) is 5.75 Å². The number of nitrogens with zero attached hydrogens (tertiary/aromatic N) is 3. The van der Waals surface area contributed by atoms with E-state index >= 15 is 0 Å². The van der Waals surface area contributed by atoms with Crippen molar-refractivity contribution in [1.29, 1.82) is 5.26 Å². The van der Waals surface area contributed by atoms with Gasteiger partial charge in [-0.1, -0.05) is 41.4 Å². The molecule has 0 aliphatic rings. The van der Waals surface area contributed by atoms with Gasteiger partial charge in [0.05, 0.1) is 22.0 Å². The minimum Gasteiger partial charge on any atom is -0.485 e. The van der Waals surface area contributed by atoms with Crippen LogP contribution in [0.3, 0.4) is 0 Å². The Morgan fingerprint density at radius 1 is 1.12 bits per heavy atom. The standard InChI is InChI=1S/C20H18ClN3O/c1-13-4-6-16(7-5-13)12-25-20-14(2)23-24(15(20)3)18-9-8-17(11-22)19(21)10-18/h4-10H,12H2,1-3H3. The van der Waals surface area contributed by atoms with Gasteiger partial charge in [-0.2, -0.15) is 10.4 Å². The lowest BCUT2D eigenvalue weighted by atomic mass is 10.2. The summed E-state index contributed by atoms with van der Waals surface area (Å²) in [5, 5.41) is 14.0. The third-order valence-electron chi connectivity index (χ3n) is 4.05. The molecule has 0 amide bonds. The Morgan fingerprint density at radius 2 is 1.84 bits per heavy atom. The lowest BCUT2D eigenvalue weighted by Crippen LogP contribution is -2.00. The molecule has 0 aliphatic heterocycles. The van der Waals surface area contributed by atoms with Gasteiger partial charge in [0.1, 0.15) is 18.4 Å². The molecule has 2 aromatic carbocycles. The zero-order chi connectivity index (χ0) is 18.0. The van der Waals surface area contributed by atoms with E-state index in [4.69, 9.17) is 21.6 Å². The van der Waals surface area contributed by atoms with E-state index in [1.54, 1.807) is 16.8 Å². The fourth-order valence-corrected chi connectivity index (χ4v) is 2.87. The summed E-state index contributed by atoms with van der Waals surface area (Å²) in [7, 11) is 0. The molecule has 0 saturated carbocycles. The molecular formula is C20H18ClN3O. The molecule has 25 heavy (non-hydrogen) atoms. The molecule has 0 unspecified atom stereocenters. The van der Waals surface area contributed by atoms with Crippen molar-refractivity contribution in [2.75, 3.05) is 0 Å². The van der Waals surface area contributed by atoms with E-state index in [-0.39, 0.29) is 0 Å². The summed E-state index contributed by atoms with van der Waals surface area (Å²) in [5.41, 5.74) is 5.29. The molecule has 126 valence electrons. The SMILES string of the molecule is Cc1ccc(COc2c(C)nn(-c3ccc(C#N)c(Cl)c3)c2C)cc1. The van der Waals surface area contributed by atoms with Gasteiger partial charge in [0.15, 0.2) is 5.75 Å². The largest absolute Gasteiger partial charge is 0.485 e. The second-order valence-electron chi connectivity index (χ2n) is 5.96. The molecule has 0 atom stereocenters. The number of benzene rings is 2. The van der Waals surface area contributed by atoms with Crippen LogP contribution in [0.25, 0.3) is 5.69 Å². The van der Waals surface area contributed by atoms with Gasteiger partial charge in [0.2, 0.25) is 0 Å². The summed E-state index contributed by atoms with van der Waals surface area (Å²) in [6, 6.07) is 15.6. The van der Waals surface area contributed by atoms with Gasteiger partial charge in [0, 0.05) is 0 Å². The quantitative estimate of drug-likeness (QED) is 0.671. The van der Waals surface area contributed by atoms with E-state index in [1.807, 2.05) is 19.9 Å². The van der Waals surface area contributed by atoms with Crippen LogP contribution in [-0.2, 0) is 6.61 Å². The fraction of sp³-hybridized carbons (Fsp3) is 0.200. The number of aryl methyl sites for hydroxylation is 2. The van der Waals surface area contributed by atoms with Crippen molar-refractivity contribution < 1.29 is 4.74 Å². The molecule has 0 bridgehead atoms. The first-order valence-corrected chi connectivity index (χ1v) is 8.32. The van der Waals surface area contributed by atoms with Crippen molar-refractivity contribution in [3.8, 4) is 17.5 Å². The highest BCUT2D eigenvalue weighted by Gasteiger charge is 2.15. The van der Waals surface area contributed by atoms with Crippen LogP contribution in [-0.4, -0.2) is 9.78 Å². The summed E-state index contributed by atoms with van der Waals surface area (Å²) in [6.45, 7) is 6.42. The number of ether oxygens (including phenoxy) is 1. The topological polar surface area (TPSA) is 50.8 Å². The second-order valence-corrected chi connectivity index (χ2v) is 6.37. The van der Waals surface area contributed by atoms with Gasteiger partial charge in [0.25, 0.3) is 0 Å². The van der Waals surface area contributed by atoms with Crippen LogP contribution in [0.1, 0.15) is 28.1 Å². The average Bonchev–Trinajstić information content (AvgIpc) is 2.89. The van der Waals surface area contributed by atoms with Crippen molar-refractivity contribution >= 4 is 11.6 Å². The molecule has 0 fully saturated rings. The number of nitriles is 1. The highest BCUT2D eigenvalue weighted by atomic mass is 35.5. The van der Waals surface area contributed by atoms with E-state index in [0.29, 0.717) is 17.2 Å². The van der Waals surface area contributed by atoms with Crippen molar-refractivity contribution in [3.63, 3.8) is 0 Å². The predicted octanol–water partition coefficient (Wildman–Crippen LogP) is 4.90. The van der Waals surface area contributed by atoms with Crippen LogP contribution in [0.4, 0.5) is 0 Å². The Hall–Kier alpha value is -2.77. The minimum atomic E-state index is 0.412. The molecule has 3 aromatic rings. The Balaban J connectivity index is 1.87. The van der Waals surface area contributed by atoms with E-state index in [2.05, 4.69) is 42.4 Å². The maximum Gasteiger partial charge on any atom is 0.163 e. The number of hydrogen-bond donors (Lipinski definition) is 0. The van der Waals surface area contributed by atoms with Crippen molar-refractivity contribution in [2.24, 2.45) is 0 Å². The van der Waals surface area contributed by atoms with Crippen molar-refractivity contribution in [1.82, 2.24) is 9.78 Å². The number of aromatic nitrogens is 2. The Kier molecular flexibility index (Phi) is 4.78. The van der Waals surface area contributed by atoms with Crippen LogP contribution in [0.2, 0.25) is 5.02 Å². The van der Waals surface area contributed by atoms with Gasteiger partial charge in [-0.25, -0.2) is 4.68 Å². The molecule has 0 radical (unpaired) electrons. The summed E-state index contributed by atoms with van der Waals surface area (Å²) in [6.07, 6.45) is 0. The second kappa shape index (κ2) is 7.00. The zero-order valence-corrected chi connectivity index (χ0v) is 15.1. The zero-order valence-electron chi connectivity index (χ0n) is 14.4. The molecule has 5 heteroatoms. The fourth-order valence-electron chi connectivity index (χ4n) is 2.65. The summed E-state index contributed by atoms with van der Waals surface area (Å²) >= 11 is 6.14. The highest BCUT2D eigenvalue weighted by Crippen LogP contribution is 2.28. The monoisotopic (exact) mass is 351 g/mol. The molecule has 0 N–H and O–H groups in total. The van der Waals surface area contributed by atoms with E-state index in [0.717, 1.165) is 28.4 Å². The minimum absolute atomic E-state index is 0.412. The maximum absolute atomic E-state index is 9.00. The maximum atomic E-state index is 9.00. The van der Waals surface area contributed by atoms with Crippen molar-refractivity contribution in [2.45, 2.75) is 27.4 Å². The molecule has 1 heterocycles. The Morgan fingerprint density at radius 3 is 2.48 bits per heavy atom. The van der Waals surface area contributed by atoms with Gasteiger partial charge < -0.3 is 4.74 Å². The molecule has 1 aromatic heterocycles. The van der Waals surface area contributed by atoms with Crippen LogP contribution < -0.4 is 4.74 Å². The molecule has 0 spiro atoms. The first-order chi connectivity index (χ1) is 12.0. The van der Waals surface area contributed by atoms with E-state index in [1.165, 1.54) is 5.56 Å². The van der Waals surface area contributed by atoms with Gasteiger partial charge in [-0.3, -0.25) is 0 Å². The number of rotatable bonds is 4. The number of halogens is 1. The molecule has 0 saturated heterocycles. The van der Waals surface area contributed by atoms with Crippen LogP contribution in [0.15, 0.2) is 42.5 Å². The van der Waals surface area contributed by atoms with E-state index < -0.39 is 0 Å². The smallest absolute Gasteiger partial charge is 0.163 e. The highest BCUT2D eigenvalue weighted by molar-refractivity contribution is 6.31. The van der Waals surface area contributed by atoms with Gasteiger partial charge in [-0.05, 0) is 44.5 Å². The Bertz CT molecular complexity index is 952. The normalized spacial score (nSPS) is 10.5. The molecule has 4 nitrogen and oxygen atoms in total. The molecular weight excluding hydrogens is 334 g/mol. The summed E-state index contributed by atoms with van der Waals surface area (Å²) < 4.78 is 7.79. The first kappa shape index (κ1) is 17.1. The summed E-state index contributed by atoms with van der Waals surface area (Å²) in [5.74, 6) is 0.765. The lowest BCUT2D eigenvalue weighted by Gasteiger charge is -2.08. The Labute approximate surface area is 152 Å². The molecule has 3 rings (SSSR count). The summed E-state index contributed by atoms with van der Waals surface area (Å²) in [4.78, 5) is 0. The third kappa shape index (κ3) is 3.52. The van der Waals surface area contributed by atoms with Crippen molar-refractivity contribution in [3.05, 3.63) is 75.6 Å². The number of hydrogen-bond acceptors (Lipinski definition) is 3. The first-order valence-electron chi connectivity index (χ1n) is 7.94. The van der Waals surface area contributed by atoms with Gasteiger partial charge in [-0.15, -0.1) is 0 Å². The third-order valence-corrected chi connectivity index (χ3v) is 4.36. The lowest BCUT2D eigenvalue weighted by molar-refractivity contribution is 0.302. The molecule has 0 aliphatic carbocycles. The van der Waals surface area contributed by atoms with Gasteiger partial charge >= 0.3 is 0 Å². The van der Waals surface area contributed by atoms with Crippen LogP contribution >= 0.6 is 11.6 Å². The average molecular weight is 352 g/mol. The van der Waals surface area contributed by atoms with Crippen LogP contribution in [0, 0.1) is 32.1 Å². The van der Waals surface area contributed by atoms with E-state index in [9.17, 15) is 0 Å². The predicted molar refractivity (Wildman–Crippen MR) is 98.3 cm³/mol.